The zero-order chi connectivity index (χ0) is 19.7. The van der Waals surface area contributed by atoms with Gasteiger partial charge < -0.3 is 4.90 Å². The van der Waals surface area contributed by atoms with Crippen molar-refractivity contribution in [2.24, 2.45) is 0 Å². The third-order valence-electron chi connectivity index (χ3n) is 5.38. The predicted molar refractivity (Wildman–Crippen MR) is 109 cm³/mol. The Hall–Kier alpha value is -2.67. The van der Waals surface area contributed by atoms with E-state index in [-0.39, 0.29) is 17.7 Å². The second kappa shape index (κ2) is 7.75. The smallest absolute Gasteiger partial charge is 0.279 e. The summed E-state index contributed by atoms with van der Waals surface area (Å²) < 4.78 is 0. The maximum absolute atomic E-state index is 12.4. The van der Waals surface area contributed by atoms with Crippen molar-refractivity contribution in [2.75, 3.05) is 11.4 Å². The highest BCUT2D eigenvalue weighted by Gasteiger charge is 2.23. The van der Waals surface area contributed by atoms with Crippen LogP contribution in [-0.4, -0.2) is 24.3 Å². The van der Waals surface area contributed by atoms with Crippen LogP contribution >= 0.6 is 11.3 Å². The summed E-state index contributed by atoms with van der Waals surface area (Å²) in [7, 11) is 0. The number of hydrazine groups is 1. The van der Waals surface area contributed by atoms with Gasteiger partial charge in [0.15, 0.2) is 0 Å². The first-order valence-electron chi connectivity index (χ1n) is 9.66. The standard InChI is InChI=1S/C21H23N3O3S/c1-13(25)24-10-9-14-11-16(7-8-17(14)24)20(26)22-23-21(27)19-12-15-5-3-2-4-6-18(15)28-19/h7-8,11-12H,2-6,9-10H2,1H3,(H,22,26)(H,23,27). The van der Waals surface area contributed by atoms with E-state index in [2.05, 4.69) is 10.9 Å². The molecule has 3 amide bonds. The van der Waals surface area contributed by atoms with Gasteiger partial charge in [0.05, 0.1) is 4.88 Å². The average molecular weight is 398 g/mol. The van der Waals surface area contributed by atoms with Crippen molar-refractivity contribution < 1.29 is 14.4 Å². The molecule has 2 heterocycles. The number of benzene rings is 1. The van der Waals surface area contributed by atoms with Crippen LogP contribution in [0.2, 0.25) is 0 Å². The lowest BCUT2D eigenvalue weighted by atomic mass is 10.1. The van der Waals surface area contributed by atoms with Gasteiger partial charge in [-0.05, 0) is 67.5 Å². The topological polar surface area (TPSA) is 78.5 Å². The summed E-state index contributed by atoms with van der Waals surface area (Å²) in [6, 6.07) is 7.21. The lowest BCUT2D eigenvalue weighted by molar-refractivity contribution is -0.116. The molecule has 0 bridgehead atoms. The number of carbonyl (C=O) groups excluding carboxylic acids is 3. The van der Waals surface area contributed by atoms with Crippen LogP contribution in [0.25, 0.3) is 0 Å². The number of hydrogen-bond acceptors (Lipinski definition) is 4. The molecule has 28 heavy (non-hydrogen) atoms. The first kappa shape index (κ1) is 18.7. The number of aryl methyl sites for hydroxylation is 2. The number of nitrogens with one attached hydrogen (secondary N) is 2. The highest BCUT2D eigenvalue weighted by molar-refractivity contribution is 7.14. The summed E-state index contributed by atoms with van der Waals surface area (Å²) in [6.07, 6.45) is 6.36. The number of thiophene rings is 1. The normalized spacial score (nSPS) is 15.4. The monoisotopic (exact) mass is 397 g/mol. The van der Waals surface area contributed by atoms with Crippen LogP contribution in [0.1, 0.15) is 62.2 Å². The molecule has 2 N–H and O–H groups in total. The second-order valence-corrected chi connectivity index (χ2v) is 8.43. The molecule has 146 valence electrons. The van der Waals surface area contributed by atoms with E-state index in [4.69, 9.17) is 0 Å². The second-order valence-electron chi connectivity index (χ2n) is 7.29. The van der Waals surface area contributed by atoms with E-state index < -0.39 is 0 Å². The SMILES string of the molecule is CC(=O)N1CCc2cc(C(=O)NNC(=O)c3cc4c(s3)CCCCC4)ccc21. The van der Waals surface area contributed by atoms with Gasteiger partial charge in [-0.3, -0.25) is 25.2 Å². The molecule has 0 atom stereocenters. The van der Waals surface area contributed by atoms with Crippen LogP contribution in [0, 0.1) is 0 Å². The Morgan fingerprint density at radius 2 is 1.71 bits per heavy atom. The Morgan fingerprint density at radius 1 is 0.929 bits per heavy atom. The summed E-state index contributed by atoms with van der Waals surface area (Å²) in [5.41, 5.74) is 8.59. The minimum atomic E-state index is -0.365. The molecule has 0 fully saturated rings. The third-order valence-corrected chi connectivity index (χ3v) is 6.61. The molecule has 1 aromatic heterocycles. The van der Waals surface area contributed by atoms with E-state index in [9.17, 15) is 14.4 Å². The van der Waals surface area contributed by atoms with Gasteiger partial charge in [-0.25, -0.2) is 0 Å². The van der Waals surface area contributed by atoms with Crippen molar-refractivity contribution in [1.82, 2.24) is 10.9 Å². The number of fused-ring (bicyclic) bond motifs is 2. The maximum Gasteiger partial charge on any atom is 0.279 e. The summed E-state index contributed by atoms with van der Waals surface area (Å²) >= 11 is 1.52. The van der Waals surface area contributed by atoms with Gasteiger partial charge in [-0.1, -0.05) is 6.42 Å². The van der Waals surface area contributed by atoms with E-state index >= 15 is 0 Å². The van der Waals surface area contributed by atoms with Crippen molar-refractivity contribution in [3.63, 3.8) is 0 Å². The van der Waals surface area contributed by atoms with E-state index in [1.54, 1.807) is 23.1 Å². The molecular weight excluding hydrogens is 374 g/mol. The Labute approximate surface area is 167 Å². The molecule has 2 aliphatic rings. The summed E-state index contributed by atoms with van der Waals surface area (Å²) in [5.74, 6) is -0.650. The first-order chi connectivity index (χ1) is 13.5. The molecule has 0 saturated heterocycles. The fourth-order valence-corrected chi connectivity index (χ4v) is 5.05. The molecule has 2 aromatic rings. The van der Waals surface area contributed by atoms with Crippen molar-refractivity contribution in [1.29, 1.82) is 0 Å². The van der Waals surface area contributed by atoms with E-state index in [1.807, 2.05) is 6.07 Å². The first-order valence-corrected chi connectivity index (χ1v) is 10.5. The van der Waals surface area contributed by atoms with E-state index in [1.165, 1.54) is 48.0 Å². The molecule has 1 aliphatic carbocycles. The maximum atomic E-state index is 12.4. The van der Waals surface area contributed by atoms with Crippen molar-refractivity contribution in [3.05, 3.63) is 50.7 Å². The summed E-state index contributed by atoms with van der Waals surface area (Å²) in [5, 5.41) is 0. The number of hydrogen-bond donors (Lipinski definition) is 2. The minimum Gasteiger partial charge on any atom is -0.312 e. The Balaban J connectivity index is 1.39. The molecule has 6 nitrogen and oxygen atoms in total. The quantitative estimate of drug-likeness (QED) is 0.604. The molecule has 0 spiro atoms. The van der Waals surface area contributed by atoms with Crippen LogP contribution in [0.15, 0.2) is 24.3 Å². The number of amides is 3. The van der Waals surface area contributed by atoms with Crippen LogP contribution in [0.3, 0.4) is 0 Å². The predicted octanol–water partition coefficient (Wildman–Crippen LogP) is 3.00. The van der Waals surface area contributed by atoms with Gasteiger partial charge in [0.2, 0.25) is 5.91 Å². The molecule has 1 aromatic carbocycles. The highest BCUT2D eigenvalue weighted by atomic mass is 32.1. The van der Waals surface area contributed by atoms with Crippen LogP contribution in [0.5, 0.6) is 0 Å². The summed E-state index contributed by atoms with van der Waals surface area (Å²) in [4.78, 5) is 40.1. The molecule has 0 radical (unpaired) electrons. The van der Waals surface area contributed by atoms with Crippen LogP contribution in [0.4, 0.5) is 5.69 Å². The van der Waals surface area contributed by atoms with Gasteiger partial charge in [0, 0.05) is 29.6 Å². The van der Waals surface area contributed by atoms with Gasteiger partial charge in [0.25, 0.3) is 11.8 Å². The molecule has 4 rings (SSSR count). The van der Waals surface area contributed by atoms with E-state index in [0.717, 1.165) is 30.5 Å². The van der Waals surface area contributed by atoms with Crippen molar-refractivity contribution in [3.8, 4) is 0 Å². The fraction of sp³-hybridized carbons (Fsp3) is 0.381. The van der Waals surface area contributed by atoms with Gasteiger partial charge in [-0.2, -0.15) is 0 Å². The van der Waals surface area contributed by atoms with Crippen molar-refractivity contribution in [2.45, 2.75) is 45.4 Å². The molecular formula is C21H23N3O3S. The van der Waals surface area contributed by atoms with Crippen molar-refractivity contribution >= 4 is 34.7 Å². The summed E-state index contributed by atoms with van der Waals surface area (Å²) in [6.45, 7) is 2.17. The third kappa shape index (κ3) is 3.67. The Morgan fingerprint density at radius 3 is 2.54 bits per heavy atom. The van der Waals surface area contributed by atoms with Gasteiger partial charge >= 0.3 is 0 Å². The number of anilines is 1. The van der Waals surface area contributed by atoms with Crippen LogP contribution in [-0.2, 0) is 24.1 Å². The molecule has 7 heteroatoms. The highest BCUT2D eigenvalue weighted by Crippen LogP contribution is 2.30. The van der Waals surface area contributed by atoms with Gasteiger partial charge in [0.1, 0.15) is 0 Å². The zero-order valence-corrected chi connectivity index (χ0v) is 16.7. The van der Waals surface area contributed by atoms with Crippen LogP contribution < -0.4 is 15.8 Å². The lowest BCUT2D eigenvalue weighted by Gasteiger charge is -2.14. The minimum absolute atomic E-state index is 0.00226. The Bertz CT molecular complexity index is 927. The number of rotatable bonds is 2. The number of carbonyl (C=O) groups is 3. The Kier molecular flexibility index (Phi) is 5.17. The largest absolute Gasteiger partial charge is 0.312 e. The molecule has 1 aliphatic heterocycles. The number of nitrogens with zero attached hydrogens (tertiary/aromatic N) is 1. The lowest BCUT2D eigenvalue weighted by Crippen LogP contribution is -2.41. The average Bonchev–Trinajstić information content (AvgIpc) is 3.23. The molecule has 0 unspecified atom stereocenters. The van der Waals surface area contributed by atoms with Gasteiger partial charge in [-0.15, -0.1) is 11.3 Å². The van der Waals surface area contributed by atoms with E-state index in [0.29, 0.717) is 17.0 Å². The zero-order valence-electron chi connectivity index (χ0n) is 15.8. The molecule has 0 saturated carbocycles. The fourth-order valence-electron chi connectivity index (χ4n) is 3.90.